The highest BCUT2D eigenvalue weighted by atomic mass is 16.5. The molecule has 0 aromatic heterocycles. The van der Waals surface area contributed by atoms with E-state index in [0.717, 1.165) is 11.8 Å². The molecule has 0 saturated heterocycles. The molecule has 124 valence electrons. The van der Waals surface area contributed by atoms with Gasteiger partial charge in [-0.15, -0.1) is 0 Å². The average molecular weight is 295 g/mol. The van der Waals surface area contributed by atoms with Gasteiger partial charge in [0, 0.05) is 0 Å². The molecule has 21 heavy (non-hydrogen) atoms. The third-order valence-electron chi connectivity index (χ3n) is 5.52. The van der Waals surface area contributed by atoms with E-state index in [9.17, 15) is 0 Å². The number of hydrogen-bond acceptors (Lipinski definition) is 1. The zero-order valence-corrected chi connectivity index (χ0v) is 15.0. The molecular weight excluding hydrogens is 256 g/mol. The monoisotopic (exact) mass is 294 g/mol. The summed E-state index contributed by atoms with van der Waals surface area (Å²) in [5, 5.41) is 0. The van der Waals surface area contributed by atoms with Crippen molar-refractivity contribution in [3.05, 3.63) is 0 Å². The van der Waals surface area contributed by atoms with E-state index in [4.69, 9.17) is 4.74 Å². The second kappa shape index (κ2) is 7.49. The van der Waals surface area contributed by atoms with Gasteiger partial charge < -0.3 is 4.74 Å². The van der Waals surface area contributed by atoms with Crippen molar-refractivity contribution < 1.29 is 4.74 Å². The maximum absolute atomic E-state index is 7.13. The number of hydrogen-bond donors (Lipinski definition) is 0. The highest BCUT2D eigenvalue weighted by Gasteiger charge is 2.43. The second-order valence-corrected chi connectivity index (χ2v) is 8.79. The summed E-state index contributed by atoms with van der Waals surface area (Å²) < 4.78 is 7.13. The van der Waals surface area contributed by atoms with Crippen LogP contribution in [0.4, 0.5) is 0 Å². The lowest BCUT2D eigenvalue weighted by molar-refractivity contribution is -0.197. The third-order valence-corrected chi connectivity index (χ3v) is 5.52. The van der Waals surface area contributed by atoms with Crippen molar-refractivity contribution in [3.63, 3.8) is 0 Å². The van der Waals surface area contributed by atoms with Gasteiger partial charge in [0.1, 0.15) is 0 Å². The van der Waals surface area contributed by atoms with Crippen LogP contribution in [0.2, 0.25) is 0 Å². The summed E-state index contributed by atoms with van der Waals surface area (Å²) in [6.07, 6.45) is 16.1. The molecule has 2 saturated carbocycles. The van der Waals surface area contributed by atoms with Crippen molar-refractivity contribution in [1.29, 1.82) is 0 Å². The first-order chi connectivity index (χ1) is 9.95. The van der Waals surface area contributed by atoms with Gasteiger partial charge >= 0.3 is 0 Å². The maximum Gasteiger partial charge on any atom is 0.0692 e. The van der Waals surface area contributed by atoms with Crippen LogP contribution in [0.5, 0.6) is 0 Å². The lowest BCUT2D eigenvalue weighted by Gasteiger charge is -2.49. The molecule has 2 fully saturated rings. The van der Waals surface area contributed by atoms with Gasteiger partial charge in [0.05, 0.1) is 11.2 Å². The van der Waals surface area contributed by atoms with E-state index in [-0.39, 0.29) is 11.2 Å². The summed E-state index contributed by atoms with van der Waals surface area (Å²) in [4.78, 5) is 0. The van der Waals surface area contributed by atoms with Gasteiger partial charge in [0.15, 0.2) is 0 Å². The van der Waals surface area contributed by atoms with E-state index < -0.39 is 0 Å². The van der Waals surface area contributed by atoms with Crippen LogP contribution in [0.15, 0.2) is 0 Å². The highest BCUT2D eigenvalue weighted by molar-refractivity contribution is 4.93. The maximum atomic E-state index is 7.13. The molecule has 0 heterocycles. The Morgan fingerprint density at radius 3 is 1.24 bits per heavy atom. The first kappa shape index (κ1) is 17.3. The minimum Gasteiger partial charge on any atom is -0.369 e. The van der Waals surface area contributed by atoms with E-state index >= 15 is 0 Å². The fraction of sp³-hybridized carbons (Fsp3) is 1.00. The van der Waals surface area contributed by atoms with Crippen LogP contribution >= 0.6 is 0 Å². The van der Waals surface area contributed by atoms with E-state index in [1.54, 1.807) is 0 Å². The van der Waals surface area contributed by atoms with Crippen LogP contribution < -0.4 is 0 Å². The molecule has 2 aliphatic rings. The van der Waals surface area contributed by atoms with E-state index in [2.05, 4.69) is 27.7 Å². The fourth-order valence-electron chi connectivity index (χ4n) is 5.04. The molecule has 0 aromatic rings. The summed E-state index contributed by atoms with van der Waals surface area (Å²) >= 11 is 0. The number of rotatable bonds is 6. The van der Waals surface area contributed by atoms with Crippen molar-refractivity contribution in [1.82, 2.24) is 0 Å². The molecule has 0 unspecified atom stereocenters. The molecule has 0 radical (unpaired) electrons. The summed E-state index contributed by atoms with van der Waals surface area (Å²) in [5.41, 5.74) is 0.414. The Morgan fingerprint density at radius 1 is 0.619 bits per heavy atom. The Labute approximate surface area is 133 Å². The minimum atomic E-state index is 0.207. The smallest absolute Gasteiger partial charge is 0.0692 e. The molecule has 1 heteroatoms. The fourth-order valence-corrected chi connectivity index (χ4v) is 5.04. The van der Waals surface area contributed by atoms with E-state index in [1.807, 2.05) is 0 Å². The van der Waals surface area contributed by atoms with Crippen LogP contribution in [-0.4, -0.2) is 11.2 Å². The summed E-state index contributed by atoms with van der Waals surface area (Å²) in [5.74, 6) is 1.51. The number of ether oxygens (including phenoxy) is 1. The molecule has 0 atom stereocenters. The van der Waals surface area contributed by atoms with Crippen LogP contribution in [0.1, 0.15) is 105 Å². The highest BCUT2D eigenvalue weighted by Crippen LogP contribution is 2.46. The molecule has 0 aromatic carbocycles. The Kier molecular flexibility index (Phi) is 6.17. The molecule has 2 aliphatic carbocycles. The largest absolute Gasteiger partial charge is 0.369 e. The normalized spacial score (nSPS) is 25.4. The average Bonchev–Trinajstić information content (AvgIpc) is 2.38. The van der Waals surface area contributed by atoms with Gasteiger partial charge in [-0.1, -0.05) is 66.2 Å². The minimum absolute atomic E-state index is 0.207. The topological polar surface area (TPSA) is 9.23 Å². The molecule has 0 amide bonds. The standard InChI is InChI=1S/C20H38O/c1-17(2)15-19(11-7-5-8-12-19)21-20(16-18(3)4)13-9-6-10-14-20/h17-18H,5-16H2,1-4H3. The molecule has 0 bridgehead atoms. The van der Waals surface area contributed by atoms with Gasteiger partial charge in [0.2, 0.25) is 0 Å². The Balaban J connectivity index is 2.13. The molecule has 0 spiro atoms. The zero-order chi connectivity index (χ0) is 15.3. The first-order valence-corrected chi connectivity index (χ1v) is 9.66. The van der Waals surface area contributed by atoms with Crippen molar-refractivity contribution in [2.45, 2.75) is 116 Å². The van der Waals surface area contributed by atoms with E-state index in [1.165, 1.54) is 77.0 Å². The van der Waals surface area contributed by atoms with Crippen LogP contribution in [0, 0.1) is 11.8 Å². The van der Waals surface area contributed by atoms with Crippen LogP contribution in [0.3, 0.4) is 0 Å². The first-order valence-electron chi connectivity index (χ1n) is 9.66. The van der Waals surface area contributed by atoms with Crippen molar-refractivity contribution in [3.8, 4) is 0 Å². The Morgan fingerprint density at radius 2 is 0.952 bits per heavy atom. The van der Waals surface area contributed by atoms with Gasteiger partial charge in [0.25, 0.3) is 0 Å². The molecule has 1 nitrogen and oxygen atoms in total. The predicted octanol–water partition coefficient (Wildman–Crippen LogP) is 6.50. The Hall–Kier alpha value is -0.0400. The lowest BCUT2D eigenvalue weighted by Crippen LogP contribution is -2.48. The van der Waals surface area contributed by atoms with Crippen LogP contribution in [-0.2, 0) is 4.74 Å². The molecule has 0 N–H and O–H groups in total. The van der Waals surface area contributed by atoms with Gasteiger partial charge in [-0.2, -0.15) is 0 Å². The second-order valence-electron chi connectivity index (χ2n) is 8.79. The summed E-state index contributed by atoms with van der Waals surface area (Å²) in [6, 6.07) is 0. The van der Waals surface area contributed by atoms with Crippen molar-refractivity contribution >= 4 is 0 Å². The predicted molar refractivity (Wildman–Crippen MR) is 91.6 cm³/mol. The molecule has 0 aliphatic heterocycles. The van der Waals surface area contributed by atoms with Crippen molar-refractivity contribution in [2.75, 3.05) is 0 Å². The van der Waals surface area contributed by atoms with Gasteiger partial charge in [-0.25, -0.2) is 0 Å². The van der Waals surface area contributed by atoms with Gasteiger partial charge in [-0.05, 0) is 50.4 Å². The summed E-state index contributed by atoms with van der Waals surface area (Å²) in [7, 11) is 0. The Bertz CT molecular complexity index is 263. The quantitative estimate of drug-likeness (QED) is 0.543. The lowest BCUT2D eigenvalue weighted by atomic mass is 9.75. The third kappa shape index (κ3) is 4.98. The van der Waals surface area contributed by atoms with E-state index in [0.29, 0.717) is 0 Å². The van der Waals surface area contributed by atoms with Gasteiger partial charge in [-0.3, -0.25) is 0 Å². The SMILES string of the molecule is CC(C)CC1(OC2(CC(C)C)CCCCC2)CCCCC1. The molecule has 2 rings (SSSR count). The van der Waals surface area contributed by atoms with Crippen molar-refractivity contribution in [2.24, 2.45) is 11.8 Å². The zero-order valence-electron chi connectivity index (χ0n) is 15.0. The molecular formula is C20H38O. The summed E-state index contributed by atoms with van der Waals surface area (Å²) in [6.45, 7) is 9.48. The van der Waals surface area contributed by atoms with Crippen LogP contribution in [0.25, 0.3) is 0 Å².